The van der Waals surface area contributed by atoms with Gasteiger partial charge in [-0.1, -0.05) is 22.8 Å². The zero-order valence-electron chi connectivity index (χ0n) is 23.8. The van der Waals surface area contributed by atoms with Gasteiger partial charge < -0.3 is 30.1 Å². The van der Waals surface area contributed by atoms with Crippen molar-refractivity contribution in [2.75, 3.05) is 56.3 Å². The van der Waals surface area contributed by atoms with Gasteiger partial charge in [-0.2, -0.15) is 4.98 Å². The summed E-state index contributed by atoms with van der Waals surface area (Å²) in [6.07, 6.45) is 1.81. The van der Waals surface area contributed by atoms with E-state index in [0.717, 1.165) is 43.1 Å². The summed E-state index contributed by atoms with van der Waals surface area (Å²) in [4.78, 5) is 31.9. The Morgan fingerprint density at radius 2 is 1.93 bits per heavy atom. The van der Waals surface area contributed by atoms with Gasteiger partial charge >= 0.3 is 0 Å². The molecule has 3 aromatic heterocycles. The lowest BCUT2D eigenvalue weighted by Crippen LogP contribution is -2.44. The molecule has 1 amide bonds. The Morgan fingerprint density at radius 1 is 1.12 bits per heavy atom. The highest BCUT2D eigenvalue weighted by Gasteiger charge is 2.22. The third kappa shape index (κ3) is 6.03. The number of carbonyl (C=O) groups excluding carboxylic acids is 1. The first-order valence-electron chi connectivity index (χ1n) is 13.6. The van der Waals surface area contributed by atoms with Crippen LogP contribution in [0.3, 0.4) is 0 Å². The highest BCUT2D eigenvalue weighted by atomic mass is 35.5. The van der Waals surface area contributed by atoms with Crippen molar-refractivity contribution < 1.29 is 14.1 Å². The van der Waals surface area contributed by atoms with Crippen LogP contribution in [0.25, 0.3) is 32.7 Å². The molecule has 5 aromatic rings. The van der Waals surface area contributed by atoms with Crippen LogP contribution in [0.2, 0.25) is 5.02 Å². The molecule has 3 N–H and O–H groups in total. The summed E-state index contributed by atoms with van der Waals surface area (Å²) in [7, 11) is 3.67. The van der Waals surface area contributed by atoms with E-state index in [4.69, 9.17) is 26.6 Å². The summed E-state index contributed by atoms with van der Waals surface area (Å²) in [6.45, 7) is 5.79. The van der Waals surface area contributed by atoms with E-state index in [2.05, 4.69) is 42.3 Å². The fourth-order valence-corrected chi connectivity index (χ4v) is 5.90. The van der Waals surface area contributed by atoms with Crippen molar-refractivity contribution in [1.29, 1.82) is 0 Å². The molecule has 0 radical (unpaired) electrons. The number of thiazole rings is 1. The predicted molar refractivity (Wildman–Crippen MR) is 169 cm³/mol. The van der Waals surface area contributed by atoms with Gasteiger partial charge in [0.15, 0.2) is 0 Å². The number of nitrogen functional groups attached to an aromatic ring is 1. The smallest absolute Gasteiger partial charge is 0.272 e. The molecule has 0 aliphatic carbocycles. The molecular formula is C30H29ClN8O3S. The van der Waals surface area contributed by atoms with Gasteiger partial charge in [0.1, 0.15) is 27.3 Å². The molecule has 0 atom stereocenters. The van der Waals surface area contributed by atoms with Gasteiger partial charge in [-0.05, 0) is 62.0 Å². The molecule has 0 saturated carbocycles. The van der Waals surface area contributed by atoms with E-state index < -0.39 is 0 Å². The summed E-state index contributed by atoms with van der Waals surface area (Å²) >= 11 is 7.84. The summed E-state index contributed by atoms with van der Waals surface area (Å²) in [6, 6.07) is 14.3. The number of hydrogen-bond donors (Lipinski definition) is 2. The number of nitrogens with two attached hydrogens (primary N) is 1. The quantitative estimate of drug-likeness (QED) is 0.242. The molecule has 0 spiro atoms. The van der Waals surface area contributed by atoms with Gasteiger partial charge in [-0.15, -0.1) is 11.3 Å². The fraction of sp³-hybridized carbons (Fsp3) is 0.233. The molecule has 6 rings (SSSR count). The molecule has 220 valence electrons. The third-order valence-electron chi connectivity index (χ3n) is 7.23. The number of aryl methyl sites for hydroxylation is 1. The second-order valence-corrected chi connectivity index (χ2v) is 11.6. The number of ether oxygens (including phenoxy) is 1. The normalized spacial score (nSPS) is 13.7. The number of nitrogens with one attached hydrogen (secondary N) is 1. The Hall–Kier alpha value is -4.52. The maximum atomic E-state index is 12.9. The van der Waals surface area contributed by atoms with Crippen LogP contribution < -0.4 is 20.7 Å². The van der Waals surface area contributed by atoms with E-state index in [1.807, 2.05) is 25.3 Å². The molecule has 1 aliphatic heterocycles. The molecule has 1 fully saturated rings. The maximum absolute atomic E-state index is 12.9. The molecular weight excluding hydrogens is 588 g/mol. The number of halogens is 1. The topological polar surface area (TPSA) is 136 Å². The molecule has 1 saturated heterocycles. The molecule has 0 unspecified atom stereocenters. The third-order valence-corrected chi connectivity index (χ3v) is 8.65. The number of amides is 1. The number of methoxy groups -OCH3 is 1. The number of nitrogens with zero attached hydrogens (tertiary/aromatic N) is 6. The van der Waals surface area contributed by atoms with E-state index >= 15 is 0 Å². The first-order valence-corrected chi connectivity index (χ1v) is 14.7. The minimum absolute atomic E-state index is 0.245. The number of anilines is 3. The largest absolute Gasteiger partial charge is 0.497 e. The first-order chi connectivity index (χ1) is 20.8. The van der Waals surface area contributed by atoms with E-state index in [1.165, 1.54) is 11.3 Å². The Labute approximate surface area is 257 Å². The van der Waals surface area contributed by atoms with Crippen LogP contribution in [-0.2, 0) is 0 Å². The van der Waals surface area contributed by atoms with Gasteiger partial charge in [0.2, 0.25) is 5.82 Å². The fourth-order valence-electron chi connectivity index (χ4n) is 4.74. The number of piperazine rings is 1. The molecule has 0 bridgehead atoms. The first kappa shape index (κ1) is 28.6. The van der Waals surface area contributed by atoms with Gasteiger partial charge in [-0.25, -0.2) is 9.97 Å². The van der Waals surface area contributed by atoms with Crippen LogP contribution in [0.5, 0.6) is 5.75 Å². The second kappa shape index (κ2) is 12.0. The van der Waals surface area contributed by atoms with Gasteiger partial charge in [-0.3, -0.25) is 4.79 Å². The van der Waals surface area contributed by atoms with Gasteiger partial charge in [0, 0.05) is 49.1 Å². The standard InChI is InChI=1S/C30H29ClN8O3S/c1-17-13-22(31)23(34-28(40)18-5-4-6-20(14-18)41-3)15-21(17)27-36-29(42-37-27)25-26(32)35-30(43-25)19-7-8-24(33-16-19)39-11-9-38(2)10-12-39/h4-8,13-16H,9-12,32H2,1-3H3,(H,34,40). The number of likely N-dealkylation sites (N-methyl/N-ethyl adjacent to an activating group) is 1. The van der Waals surface area contributed by atoms with Gasteiger partial charge in [0.25, 0.3) is 11.8 Å². The minimum Gasteiger partial charge on any atom is -0.497 e. The van der Waals surface area contributed by atoms with E-state index in [-0.39, 0.29) is 17.6 Å². The van der Waals surface area contributed by atoms with Crippen LogP contribution in [-0.4, -0.2) is 71.3 Å². The average molecular weight is 617 g/mol. The summed E-state index contributed by atoms with van der Waals surface area (Å²) in [5, 5.41) is 8.13. The molecule has 1 aliphatic rings. The SMILES string of the molecule is COc1cccc(C(=O)Nc2cc(-c3noc(-c4sc(-c5ccc(N6CCN(C)CC6)nc5)nc4N)n3)c(C)cc2Cl)c1. The summed E-state index contributed by atoms with van der Waals surface area (Å²) in [5.74, 6) is 2.05. The summed E-state index contributed by atoms with van der Waals surface area (Å²) < 4.78 is 10.8. The monoisotopic (exact) mass is 616 g/mol. The van der Waals surface area contributed by atoms with Crippen molar-refractivity contribution in [2.45, 2.75) is 6.92 Å². The Bertz CT molecular complexity index is 1780. The maximum Gasteiger partial charge on any atom is 0.272 e. The van der Waals surface area contributed by atoms with Crippen molar-refractivity contribution in [3.63, 3.8) is 0 Å². The van der Waals surface area contributed by atoms with Gasteiger partial charge in [0.05, 0.1) is 17.8 Å². The van der Waals surface area contributed by atoms with Crippen molar-refractivity contribution in [3.8, 4) is 38.5 Å². The molecule has 2 aromatic carbocycles. The molecule has 11 nitrogen and oxygen atoms in total. The van der Waals surface area contributed by atoms with Crippen LogP contribution in [0.1, 0.15) is 15.9 Å². The predicted octanol–water partition coefficient (Wildman–Crippen LogP) is 5.48. The van der Waals surface area contributed by atoms with Crippen LogP contribution in [0, 0.1) is 6.92 Å². The van der Waals surface area contributed by atoms with Crippen molar-refractivity contribution in [3.05, 3.63) is 70.9 Å². The lowest BCUT2D eigenvalue weighted by molar-refractivity contribution is 0.102. The van der Waals surface area contributed by atoms with Crippen LogP contribution in [0.4, 0.5) is 17.3 Å². The Kier molecular flexibility index (Phi) is 7.98. The number of hydrogen-bond acceptors (Lipinski definition) is 11. The Balaban J connectivity index is 1.22. The Morgan fingerprint density at radius 3 is 2.67 bits per heavy atom. The van der Waals surface area contributed by atoms with Crippen LogP contribution in [0.15, 0.2) is 59.3 Å². The van der Waals surface area contributed by atoms with Crippen molar-refractivity contribution in [2.24, 2.45) is 0 Å². The zero-order valence-corrected chi connectivity index (χ0v) is 25.4. The summed E-state index contributed by atoms with van der Waals surface area (Å²) in [5.41, 5.74) is 9.43. The van der Waals surface area contributed by atoms with Crippen molar-refractivity contribution >= 4 is 46.2 Å². The number of carbonyl (C=O) groups is 1. The van der Waals surface area contributed by atoms with E-state index in [1.54, 1.807) is 43.5 Å². The highest BCUT2D eigenvalue weighted by Crippen LogP contribution is 2.38. The molecule has 13 heteroatoms. The van der Waals surface area contributed by atoms with Crippen LogP contribution >= 0.6 is 22.9 Å². The van der Waals surface area contributed by atoms with Crippen molar-refractivity contribution in [1.82, 2.24) is 25.0 Å². The zero-order chi connectivity index (χ0) is 30.1. The number of aromatic nitrogens is 4. The lowest BCUT2D eigenvalue weighted by atomic mass is 10.1. The molecule has 43 heavy (non-hydrogen) atoms. The lowest BCUT2D eigenvalue weighted by Gasteiger charge is -2.33. The average Bonchev–Trinajstić information content (AvgIpc) is 3.66. The molecule has 4 heterocycles. The second-order valence-electron chi connectivity index (χ2n) is 10.2. The minimum atomic E-state index is -0.333. The number of benzene rings is 2. The highest BCUT2D eigenvalue weighted by molar-refractivity contribution is 7.18. The number of rotatable bonds is 7. The van der Waals surface area contributed by atoms with E-state index in [9.17, 15) is 4.79 Å². The van der Waals surface area contributed by atoms with E-state index in [0.29, 0.717) is 43.3 Å². The number of pyridine rings is 1.